The quantitative estimate of drug-likeness (QED) is 0.724. The number of carbonyl (C=O) groups excluding carboxylic acids is 1. The second kappa shape index (κ2) is 7.35. The second-order valence-electron chi connectivity index (χ2n) is 8.03. The number of β-amino-alcohol motifs (C(OH)–C–C–N with tert-alkyl or cyclic N) is 1. The number of hydrogen-bond acceptors (Lipinski definition) is 6. The highest BCUT2D eigenvalue weighted by Gasteiger charge is 2.35. The first-order valence-electron chi connectivity index (χ1n) is 9.61. The van der Waals surface area contributed by atoms with Crippen molar-refractivity contribution in [3.05, 3.63) is 41.7 Å². The third-order valence-electron chi connectivity index (χ3n) is 5.10. The summed E-state index contributed by atoms with van der Waals surface area (Å²) in [6.45, 7) is 7.74. The highest BCUT2D eigenvalue weighted by molar-refractivity contribution is 5.96. The number of pyridine rings is 1. The molecule has 1 saturated heterocycles. The molecule has 0 aliphatic carbocycles. The van der Waals surface area contributed by atoms with E-state index in [1.54, 1.807) is 23.5 Å². The SMILES string of the molecule is Cc1cc(C[C@@H]2CN(C(=O)c3cnc4c(c3)ncn4CC(C)C)C[C@@H]2O)on1. The summed E-state index contributed by atoms with van der Waals surface area (Å²) in [4.78, 5) is 23.5. The number of aliphatic hydroxyl groups is 1. The fourth-order valence-corrected chi connectivity index (χ4v) is 3.77. The van der Waals surface area contributed by atoms with Gasteiger partial charge in [0, 0.05) is 44.2 Å². The summed E-state index contributed by atoms with van der Waals surface area (Å²) < 4.78 is 7.25. The van der Waals surface area contributed by atoms with Gasteiger partial charge in [0.25, 0.3) is 5.91 Å². The molecule has 2 atom stereocenters. The van der Waals surface area contributed by atoms with Crippen LogP contribution in [0.3, 0.4) is 0 Å². The van der Waals surface area contributed by atoms with Crippen molar-refractivity contribution in [1.29, 1.82) is 0 Å². The van der Waals surface area contributed by atoms with Crippen LogP contribution in [-0.2, 0) is 13.0 Å². The Bertz CT molecular complexity index is 993. The summed E-state index contributed by atoms with van der Waals surface area (Å²) >= 11 is 0. The Balaban J connectivity index is 1.48. The zero-order valence-corrected chi connectivity index (χ0v) is 16.4. The van der Waals surface area contributed by atoms with Crippen molar-refractivity contribution in [2.24, 2.45) is 11.8 Å². The highest BCUT2D eigenvalue weighted by Crippen LogP contribution is 2.24. The van der Waals surface area contributed by atoms with E-state index in [0.717, 1.165) is 23.6 Å². The van der Waals surface area contributed by atoms with E-state index in [2.05, 4.69) is 29.0 Å². The number of aliphatic hydroxyl groups excluding tert-OH is 1. The molecule has 0 spiro atoms. The summed E-state index contributed by atoms with van der Waals surface area (Å²) in [5, 5.41) is 14.3. The minimum atomic E-state index is -0.587. The first-order chi connectivity index (χ1) is 13.4. The lowest BCUT2D eigenvalue weighted by atomic mass is 10.0. The van der Waals surface area contributed by atoms with Crippen LogP contribution in [-0.4, -0.2) is 54.8 Å². The molecule has 1 N–H and O–H groups in total. The molecule has 0 unspecified atom stereocenters. The molecule has 4 rings (SSSR count). The molecule has 1 fully saturated rings. The standard InChI is InChI=1S/C20H25N5O3/c1-12(2)8-25-11-22-17-6-14(7-21-19(17)25)20(27)24-9-15(18(26)10-24)5-16-4-13(3)23-28-16/h4,6-7,11-12,15,18,26H,5,8-10H2,1-3H3/t15-,18+/m1/s1. The molecule has 8 heteroatoms. The average molecular weight is 383 g/mol. The molecule has 3 aromatic rings. The molecule has 1 amide bonds. The van der Waals surface area contributed by atoms with E-state index in [9.17, 15) is 9.90 Å². The third-order valence-corrected chi connectivity index (χ3v) is 5.10. The number of rotatable bonds is 5. The van der Waals surface area contributed by atoms with Crippen LogP contribution in [0.5, 0.6) is 0 Å². The first-order valence-corrected chi connectivity index (χ1v) is 9.61. The van der Waals surface area contributed by atoms with E-state index in [1.165, 1.54) is 0 Å². The number of nitrogens with zero attached hydrogens (tertiary/aromatic N) is 5. The van der Waals surface area contributed by atoms with Gasteiger partial charge in [-0.15, -0.1) is 0 Å². The van der Waals surface area contributed by atoms with Crippen molar-refractivity contribution in [3.63, 3.8) is 0 Å². The van der Waals surface area contributed by atoms with Crippen LogP contribution in [0, 0.1) is 18.8 Å². The maximum Gasteiger partial charge on any atom is 0.255 e. The Kier molecular flexibility index (Phi) is 4.89. The van der Waals surface area contributed by atoms with Gasteiger partial charge >= 0.3 is 0 Å². The minimum absolute atomic E-state index is 0.0711. The molecule has 0 radical (unpaired) electrons. The van der Waals surface area contributed by atoms with Gasteiger partial charge in [0.1, 0.15) is 11.3 Å². The zero-order chi connectivity index (χ0) is 19.8. The predicted octanol–water partition coefficient (Wildman–Crippen LogP) is 2.06. The van der Waals surface area contributed by atoms with Crippen LogP contribution >= 0.6 is 0 Å². The number of fused-ring (bicyclic) bond motifs is 1. The van der Waals surface area contributed by atoms with E-state index < -0.39 is 6.10 Å². The molecular weight excluding hydrogens is 358 g/mol. The smallest absolute Gasteiger partial charge is 0.255 e. The average Bonchev–Trinajstić information content (AvgIpc) is 3.34. The summed E-state index contributed by atoms with van der Waals surface area (Å²) in [6, 6.07) is 3.64. The van der Waals surface area contributed by atoms with Gasteiger partial charge in [-0.05, 0) is 18.9 Å². The predicted molar refractivity (Wildman–Crippen MR) is 103 cm³/mol. The van der Waals surface area contributed by atoms with Crippen LogP contribution in [0.2, 0.25) is 0 Å². The van der Waals surface area contributed by atoms with Gasteiger partial charge in [-0.3, -0.25) is 4.79 Å². The zero-order valence-electron chi connectivity index (χ0n) is 16.4. The number of imidazole rings is 1. The first kappa shape index (κ1) is 18.6. The van der Waals surface area contributed by atoms with Gasteiger partial charge in [0.05, 0.1) is 23.7 Å². The normalized spacial score (nSPS) is 19.8. The van der Waals surface area contributed by atoms with Crippen molar-refractivity contribution in [2.75, 3.05) is 13.1 Å². The Morgan fingerprint density at radius 2 is 2.14 bits per heavy atom. The van der Waals surface area contributed by atoms with Gasteiger partial charge in [-0.2, -0.15) is 0 Å². The molecule has 3 aromatic heterocycles. The minimum Gasteiger partial charge on any atom is -0.391 e. The Labute approximate surface area is 163 Å². The molecule has 1 aliphatic heterocycles. The monoisotopic (exact) mass is 383 g/mol. The van der Waals surface area contributed by atoms with E-state index in [0.29, 0.717) is 36.5 Å². The van der Waals surface area contributed by atoms with Gasteiger partial charge in [0.2, 0.25) is 0 Å². The molecule has 0 saturated carbocycles. The molecule has 1 aliphatic rings. The van der Waals surface area contributed by atoms with E-state index in [4.69, 9.17) is 4.52 Å². The number of aryl methyl sites for hydroxylation is 1. The van der Waals surface area contributed by atoms with Crippen molar-refractivity contribution in [2.45, 2.75) is 39.8 Å². The van der Waals surface area contributed by atoms with E-state index >= 15 is 0 Å². The van der Waals surface area contributed by atoms with Gasteiger partial charge in [0.15, 0.2) is 5.65 Å². The van der Waals surface area contributed by atoms with Crippen molar-refractivity contribution in [3.8, 4) is 0 Å². The molecule has 28 heavy (non-hydrogen) atoms. The van der Waals surface area contributed by atoms with Crippen molar-refractivity contribution < 1.29 is 14.4 Å². The Hall–Kier alpha value is -2.74. The molecule has 0 aromatic carbocycles. The number of aromatic nitrogens is 4. The van der Waals surface area contributed by atoms with E-state index in [-0.39, 0.29) is 11.8 Å². The molecule has 148 valence electrons. The maximum atomic E-state index is 12.9. The lowest BCUT2D eigenvalue weighted by Crippen LogP contribution is -2.29. The lowest BCUT2D eigenvalue weighted by molar-refractivity contribution is 0.0764. The highest BCUT2D eigenvalue weighted by atomic mass is 16.5. The summed E-state index contributed by atoms with van der Waals surface area (Å²) in [6.07, 6.45) is 3.34. The largest absolute Gasteiger partial charge is 0.391 e. The summed E-state index contributed by atoms with van der Waals surface area (Å²) in [7, 11) is 0. The van der Waals surface area contributed by atoms with Gasteiger partial charge in [-0.25, -0.2) is 9.97 Å². The third kappa shape index (κ3) is 3.64. The molecule has 0 bridgehead atoms. The Morgan fingerprint density at radius 1 is 1.32 bits per heavy atom. The summed E-state index contributed by atoms with van der Waals surface area (Å²) in [5.41, 5.74) is 2.79. The molecule has 4 heterocycles. The van der Waals surface area contributed by atoms with Crippen LogP contribution in [0.25, 0.3) is 11.2 Å². The van der Waals surface area contributed by atoms with Crippen molar-refractivity contribution >= 4 is 17.1 Å². The van der Waals surface area contributed by atoms with Gasteiger partial charge in [-0.1, -0.05) is 19.0 Å². The molecular formula is C20H25N5O3. The van der Waals surface area contributed by atoms with E-state index in [1.807, 2.05) is 17.6 Å². The van der Waals surface area contributed by atoms with Crippen molar-refractivity contribution in [1.82, 2.24) is 24.6 Å². The van der Waals surface area contributed by atoms with Crippen LogP contribution in [0.15, 0.2) is 29.2 Å². The summed E-state index contributed by atoms with van der Waals surface area (Å²) in [5.74, 6) is 1.01. The fourth-order valence-electron chi connectivity index (χ4n) is 3.77. The van der Waals surface area contributed by atoms with Crippen LogP contribution < -0.4 is 0 Å². The van der Waals surface area contributed by atoms with Crippen LogP contribution in [0.1, 0.15) is 35.7 Å². The number of hydrogen-bond donors (Lipinski definition) is 1. The number of amides is 1. The number of likely N-dealkylation sites (tertiary alicyclic amines) is 1. The topological polar surface area (TPSA) is 97.3 Å². The Morgan fingerprint density at radius 3 is 2.86 bits per heavy atom. The second-order valence-corrected chi connectivity index (χ2v) is 8.03. The lowest BCUT2D eigenvalue weighted by Gasteiger charge is -2.15. The number of carbonyl (C=O) groups is 1. The molecule has 8 nitrogen and oxygen atoms in total. The van der Waals surface area contributed by atoms with Gasteiger partial charge < -0.3 is 19.1 Å². The maximum absolute atomic E-state index is 12.9. The fraction of sp³-hybridized carbons (Fsp3) is 0.500. The van der Waals surface area contributed by atoms with Crippen LogP contribution in [0.4, 0.5) is 0 Å².